The second-order valence-electron chi connectivity index (χ2n) is 11.5. The summed E-state index contributed by atoms with van der Waals surface area (Å²) in [5.41, 5.74) is 6.66. The van der Waals surface area contributed by atoms with E-state index in [0.29, 0.717) is 35.6 Å². The average Bonchev–Trinajstić information content (AvgIpc) is 3.59. The normalized spacial score (nSPS) is 15.3. The number of esters is 1. The molecule has 1 fully saturated rings. The number of rotatable bonds is 12. The van der Waals surface area contributed by atoms with Gasteiger partial charge in [-0.2, -0.15) is 0 Å². The van der Waals surface area contributed by atoms with Crippen LogP contribution in [0.4, 0.5) is 0 Å². The van der Waals surface area contributed by atoms with Crippen LogP contribution in [0, 0.1) is 27.7 Å². The lowest BCUT2D eigenvalue weighted by Crippen LogP contribution is -2.34. The van der Waals surface area contributed by atoms with Gasteiger partial charge in [0.15, 0.2) is 11.5 Å². The zero-order chi connectivity index (χ0) is 30.5. The Hall–Kier alpha value is -3.29. The molecule has 0 unspecified atom stereocenters. The van der Waals surface area contributed by atoms with Crippen LogP contribution in [0.1, 0.15) is 72.6 Å². The number of halogens is 1. The van der Waals surface area contributed by atoms with Gasteiger partial charge >= 0.3 is 5.97 Å². The SMILES string of the molecule is CCCCC(=O)Oc1c(Br)cccc1OC[C@@H]1CCCN1Cc1c(C)oc2c(C)c(C)c(OCc3ccccc3)c(C)c12. The van der Waals surface area contributed by atoms with Crippen molar-refractivity contribution in [3.05, 3.63) is 86.6 Å². The van der Waals surface area contributed by atoms with E-state index < -0.39 is 0 Å². The van der Waals surface area contributed by atoms with E-state index in [2.05, 4.69) is 67.6 Å². The van der Waals surface area contributed by atoms with Crippen molar-refractivity contribution in [1.82, 2.24) is 4.90 Å². The highest BCUT2D eigenvalue weighted by Gasteiger charge is 2.29. The van der Waals surface area contributed by atoms with Crippen molar-refractivity contribution in [2.24, 2.45) is 0 Å². The van der Waals surface area contributed by atoms with Gasteiger partial charge in [0.1, 0.15) is 30.3 Å². The number of para-hydroxylation sites is 1. The van der Waals surface area contributed by atoms with Crippen LogP contribution >= 0.6 is 15.9 Å². The quantitative estimate of drug-likeness (QED) is 0.113. The first kappa shape index (κ1) is 31.1. The fourth-order valence-corrected chi connectivity index (χ4v) is 6.41. The maximum absolute atomic E-state index is 12.4. The first-order chi connectivity index (χ1) is 20.8. The summed E-state index contributed by atoms with van der Waals surface area (Å²) >= 11 is 3.54. The maximum atomic E-state index is 12.4. The molecule has 1 atom stereocenters. The molecule has 3 aromatic carbocycles. The summed E-state index contributed by atoms with van der Waals surface area (Å²) in [6.07, 6.45) is 4.28. The van der Waals surface area contributed by atoms with Crippen LogP contribution in [-0.2, 0) is 17.9 Å². The number of hydrogen-bond acceptors (Lipinski definition) is 6. The summed E-state index contributed by atoms with van der Waals surface area (Å²) in [5, 5.41) is 1.16. The predicted molar refractivity (Wildman–Crippen MR) is 174 cm³/mol. The van der Waals surface area contributed by atoms with E-state index in [1.807, 2.05) is 36.4 Å². The van der Waals surface area contributed by atoms with Crippen molar-refractivity contribution in [3.8, 4) is 17.2 Å². The molecule has 0 bridgehead atoms. The predicted octanol–water partition coefficient (Wildman–Crippen LogP) is 9.15. The third kappa shape index (κ3) is 6.94. The van der Waals surface area contributed by atoms with Gasteiger partial charge in [-0.05, 0) is 98.3 Å². The number of aryl methyl sites for hydroxylation is 3. The number of furan rings is 1. The Bertz CT molecular complexity index is 1580. The summed E-state index contributed by atoms with van der Waals surface area (Å²) in [7, 11) is 0. The molecule has 1 aliphatic heterocycles. The van der Waals surface area contributed by atoms with Gasteiger partial charge < -0.3 is 18.6 Å². The zero-order valence-electron chi connectivity index (χ0n) is 25.9. The molecule has 0 amide bonds. The van der Waals surface area contributed by atoms with Gasteiger partial charge in [0.25, 0.3) is 0 Å². The van der Waals surface area contributed by atoms with Crippen molar-refractivity contribution >= 4 is 32.9 Å². The number of unbranched alkanes of at least 4 members (excludes halogenated alkanes) is 1. The van der Waals surface area contributed by atoms with E-state index in [4.69, 9.17) is 18.6 Å². The number of benzene rings is 3. The lowest BCUT2D eigenvalue weighted by Gasteiger charge is -2.25. The molecule has 2 heterocycles. The molecular weight excluding hydrogens is 606 g/mol. The maximum Gasteiger partial charge on any atom is 0.311 e. The molecule has 5 rings (SSSR count). The number of hydrogen-bond donors (Lipinski definition) is 0. The van der Waals surface area contributed by atoms with Crippen LogP contribution in [-0.4, -0.2) is 30.1 Å². The highest BCUT2D eigenvalue weighted by Crippen LogP contribution is 2.41. The Morgan fingerprint density at radius 2 is 1.77 bits per heavy atom. The molecule has 43 heavy (non-hydrogen) atoms. The number of nitrogens with zero attached hydrogens (tertiary/aromatic N) is 1. The molecule has 1 aromatic heterocycles. The monoisotopic (exact) mass is 647 g/mol. The van der Waals surface area contributed by atoms with Crippen LogP contribution < -0.4 is 14.2 Å². The summed E-state index contributed by atoms with van der Waals surface area (Å²) in [4.78, 5) is 14.9. The van der Waals surface area contributed by atoms with E-state index in [-0.39, 0.29) is 12.0 Å². The molecule has 0 radical (unpaired) electrons. The molecule has 1 aliphatic rings. The van der Waals surface area contributed by atoms with Crippen LogP contribution in [0.25, 0.3) is 11.0 Å². The summed E-state index contributed by atoms with van der Waals surface area (Å²) in [6.45, 7) is 13.3. The van der Waals surface area contributed by atoms with Crippen LogP contribution in [0.15, 0.2) is 57.4 Å². The van der Waals surface area contributed by atoms with Gasteiger partial charge in [0, 0.05) is 35.5 Å². The first-order valence-electron chi connectivity index (χ1n) is 15.3. The van der Waals surface area contributed by atoms with Gasteiger partial charge in [-0.25, -0.2) is 0 Å². The minimum atomic E-state index is -0.239. The summed E-state index contributed by atoms with van der Waals surface area (Å²) in [6, 6.07) is 16.2. The van der Waals surface area contributed by atoms with Crippen LogP contribution in [0.3, 0.4) is 0 Å². The fourth-order valence-electron chi connectivity index (χ4n) is 5.98. The van der Waals surface area contributed by atoms with Crippen molar-refractivity contribution in [3.63, 3.8) is 0 Å². The molecule has 0 spiro atoms. The molecule has 0 aliphatic carbocycles. The van der Waals surface area contributed by atoms with E-state index in [1.54, 1.807) is 0 Å². The van der Waals surface area contributed by atoms with Gasteiger partial charge in [-0.15, -0.1) is 0 Å². The third-order valence-corrected chi connectivity index (χ3v) is 9.19. The van der Waals surface area contributed by atoms with Gasteiger partial charge in [-0.1, -0.05) is 49.7 Å². The Labute approximate surface area is 263 Å². The number of ether oxygens (including phenoxy) is 3. The number of fused-ring (bicyclic) bond motifs is 1. The Morgan fingerprint density at radius 1 is 0.977 bits per heavy atom. The molecule has 0 saturated carbocycles. The molecule has 4 aromatic rings. The molecule has 1 saturated heterocycles. The summed E-state index contributed by atoms with van der Waals surface area (Å²) in [5.74, 6) is 2.68. The summed E-state index contributed by atoms with van der Waals surface area (Å²) < 4.78 is 25.6. The first-order valence-corrected chi connectivity index (χ1v) is 16.1. The third-order valence-electron chi connectivity index (χ3n) is 8.57. The van der Waals surface area contributed by atoms with Crippen LogP contribution in [0.2, 0.25) is 0 Å². The Balaban J connectivity index is 1.35. The average molecular weight is 649 g/mol. The molecule has 0 N–H and O–H groups in total. The minimum Gasteiger partial charge on any atom is -0.488 e. The lowest BCUT2D eigenvalue weighted by atomic mass is 9.97. The fraction of sp³-hybridized carbons (Fsp3) is 0.417. The molecule has 7 heteroatoms. The molecule has 6 nitrogen and oxygen atoms in total. The Kier molecular flexibility index (Phi) is 10.1. The zero-order valence-corrected chi connectivity index (χ0v) is 27.5. The van der Waals surface area contributed by atoms with E-state index in [0.717, 1.165) is 83.5 Å². The van der Waals surface area contributed by atoms with Crippen LogP contribution in [0.5, 0.6) is 17.2 Å². The smallest absolute Gasteiger partial charge is 0.311 e. The molecular formula is C36H42BrNO5. The highest BCUT2D eigenvalue weighted by atomic mass is 79.9. The van der Waals surface area contributed by atoms with E-state index >= 15 is 0 Å². The second kappa shape index (κ2) is 14.0. The lowest BCUT2D eigenvalue weighted by molar-refractivity contribution is -0.134. The van der Waals surface area contributed by atoms with Gasteiger partial charge in [-0.3, -0.25) is 9.69 Å². The van der Waals surface area contributed by atoms with E-state index in [1.165, 1.54) is 5.56 Å². The largest absolute Gasteiger partial charge is 0.488 e. The number of carbonyl (C=O) groups excluding carboxylic acids is 1. The second-order valence-corrected chi connectivity index (χ2v) is 12.4. The Morgan fingerprint density at radius 3 is 2.53 bits per heavy atom. The van der Waals surface area contributed by atoms with E-state index in [9.17, 15) is 4.79 Å². The van der Waals surface area contributed by atoms with Crippen molar-refractivity contribution in [2.45, 2.75) is 85.9 Å². The molecule has 228 valence electrons. The number of likely N-dealkylation sites (tertiary alicyclic amines) is 1. The topological polar surface area (TPSA) is 61.1 Å². The van der Waals surface area contributed by atoms with Crippen molar-refractivity contribution in [2.75, 3.05) is 13.2 Å². The van der Waals surface area contributed by atoms with Crippen molar-refractivity contribution in [1.29, 1.82) is 0 Å². The standard InChI is InChI=1S/C36H42BrNO5/c1-6-7-18-32(39)43-36-30(37)16-11-17-31(36)40-22-28-15-12-19-38(28)20-29-26(5)42-35-24(3)23(2)34(25(4)33(29)35)41-21-27-13-9-8-10-14-27/h8-11,13-14,16-17,28H,6-7,12,15,18-22H2,1-5H3/t28-/m0/s1. The van der Waals surface area contributed by atoms with Gasteiger partial charge in [0.05, 0.1) is 4.47 Å². The highest BCUT2D eigenvalue weighted by molar-refractivity contribution is 9.10. The minimum absolute atomic E-state index is 0.229. The van der Waals surface area contributed by atoms with Crippen molar-refractivity contribution < 1.29 is 23.4 Å². The van der Waals surface area contributed by atoms with Gasteiger partial charge in [0.2, 0.25) is 0 Å². The number of carbonyl (C=O) groups is 1.